The highest BCUT2D eigenvalue weighted by Crippen LogP contribution is 2.32. The van der Waals surface area contributed by atoms with Crippen molar-refractivity contribution in [2.75, 3.05) is 5.73 Å². The van der Waals surface area contributed by atoms with Gasteiger partial charge in [0.2, 0.25) is 0 Å². The van der Waals surface area contributed by atoms with Crippen molar-refractivity contribution in [3.8, 4) is 11.5 Å². The summed E-state index contributed by atoms with van der Waals surface area (Å²) in [6.45, 7) is 2.02. The van der Waals surface area contributed by atoms with E-state index in [4.69, 9.17) is 10.3 Å². The molecule has 4 heteroatoms. The van der Waals surface area contributed by atoms with Crippen LogP contribution in [0.2, 0.25) is 0 Å². The van der Waals surface area contributed by atoms with Crippen molar-refractivity contribution in [3.63, 3.8) is 0 Å². The zero-order valence-electron chi connectivity index (χ0n) is 9.81. The number of nitrogens with zero attached hydrogens (tertiary/aromatic N) is 2. The Labute approximate surface area is 99.8 Å². The predicted octanol–water partition coefficient (Wildman–Crippen LogP) is 2.58. The van der Waals surface area contributed by atoms with Gasteiger partial charge in [0.1, 0.15) is 0 Å². The summed E-state index contributed by atoms with van der Waals surface area (Å²) in [5, 5.41) is 4.00. The van der Waals surface area contributed by atoms with Gasteiger partial charge in [-0.2, -0.15) is 4.98 Å². The lowest BCUT2D eigenvalue weighted by molar-refractivity contribution is 0.421. The molecule has 1 aromatic carbocycles. The van der Waals surface area contributed by atoms with Gasteiger partial charge in [-0.3, -0.25) is 0 Å². The van der Waals surface area contributed by atoms with Gasteiger partial charge in [-0.1, -0.05) is 16.8 Å². The number of nitrogen functional groups attached to an aromatic ring is 1. The molecule has 0 saturated heterocycles. The van der Waals surface area contributed by atoms with Crippen LogP contribution in [-0.4, -0.2) is 10.1 Å². The Kier molecular flexibility index (Phi) is 2.35. The number of hydrogen-bond acceptors (Lipinski definition) is 4. The molecular weight excluding hydrogens is 214 g/mol. The highest BCUT2D eigenvalue weighted by atomic mass is 16.5. The van der Waals surface area contributed by atoms with Crippen LogP contribution in [0.4, 0.5) is 5.69 Å². The fourth-order valence-electron chi connectivity index (χ4n) is 1.88. The van der Waals surface area contributed by atoms with E-state index in [0.29, 0.717) is 11.6 Å². The van der Waals surface area contributed by atoms with Crippen LogP contribution < -0.4 is 5.73 Å². The fourth-order valence-corrected chi connectivity index (χ4v) is 1.88. The lowest BCUT2D eigenvalue weighted by Crippen LogP contribution is -1.92. The summed E-state index contributed by atoms with van der Waals surface area (Å²) < 4.78 is 5.27. The average Bonchev–Trinajstić information content (AvgIpc) is 2.99. The van der Waals surface area contributed by atoms with Gasteiger partial charge in [-0.25, -0.2) is 0 Å². The second kappa shape index (κ2) is 3.87. The average molecular weight is 229 g/mol. The molecule has 0 aliphatic heterocycles. The van der Waals surface area contributed by atoms with E-state index in [9.17, 15) is 0 Å². The van der Waals surface area contributed by atoms with E-state index in [2.05, 4.69) is 10.1 Å². The second-order valence-electron chi connectivity index (χ2n) is 4.75. The summed E-state index contributed by atoms with van der Waals surface area (Å²) >= 11 is 0. The van der Waals surface area contributed by atoms with Crippen LogP contribution in [0, 0.1) is 12.8 Å². The molecule has 2 N–H and O–H groups in total. The van der Waals surface area contributed by atoms with Crippen LogP contribution in [0.15, 0.2) is 22.7 Å². The molecule has 1 aliphatic carbocycles. The van der Waals surface area contributed by atoms with Gasteiger partial charge in [0.25, 0.3) is 5.89 Å². The van der Waals surface area contributed by atoms with Crippen LogP contribution in [0.5, 0.6) is 0 Å². The first-order valence-corrected chi connectivity index (χ1v) is 5.91. The molecule has 2 aromatic rings. The summed E-state index contributed by atoms with van der Waals surface area (Å²) in [5.41, 5.74) is 8.56. The van der Waals surface area contributed by atoms with Crippen molar-refractivity contribution in [1.82, 2.24) is 10.1 Å². The third kappa shape index (κ3) is 2.16. The van der Waals surface area contributed by atoms with E-state index in [1.165, 1.54) is 12.8 Å². The highest BCUT2D eigenvalue weighted by molar-refractivity contribution is 5.70. The maximum atomic E-state index is 5.92. The molecule has 1 aromatic heterocycles. The Bertz CT molecular complexity index is 543. The minimum Gasteiger partial charge on any atom is -0.398 e. The molecular formula is C13H15N3O. The fraction of sp³-hybridized carbons (Fsp3) is 0.385. The minimum absolute atomic E-state index is 0.529. The van der Waals surface area contributed by atoms with Crippen LogP contribution >= 0.6 is 0 Å². The normalized spacial score (nSPS) is 15.1. The number of aromatic nitrogens is 2. The molecule has 0 bridgehead atoms. The van der Waals surface area contributed by atoms with Crippen LogP contribution in [0.3, 0.4) is 0 Å². The monoisotopic (exact) mass is 229 g/mol. The maximum absolute atomic E-state index is 5.92. The van der Waals surface area contributed by atoms with E-state index in [1.807, 2.05) is 25.1 Å². The highest BCUT2D eigenvalue weighted by Gasteiger charge is 2.24. The van der Waals surface area contributed by atoms with Gasteiger partial charge in [0.15, 0.2) is 5.82 Å². The number of aryl methyl sites for hydroxylation is 1. The van der Waals surface area contributed by atoms with Crippen molar-refractivity contribution in [2.45, 2.75) is 26.2 Å². The van der Waals surface area contributed by atoms with Crippen molar-refractivity contribution >= 4 is 5.69 Å². The van der Waals surface area contributed by atoms with Gasteiger partial charge in [-0.05, 0) is 37.8 Å². The maximum Gasteiger partial charge on any atom is 0.260 e. The van der Waals surface area contributed by atoms with E-state index in [-0.39, 0.29) is 0 Å². The number of anilines is 1. The summed E-state index contributed by atoms with van der Waals surface area (Å²) in [7, 11) is 0. The van der Waals surface area contributed by atoms with Gasteiger partial charge < -0.3 is 10.3 Å². The van der Waals surface area contributed by atoms with Crippen LogP contribution in [-0.2, 0) is 6.42 Å². The molecule has 1 heterocycles. The minimum atomic E-state index is 0.529. The van der Waals surface area contributed by atoms with E-state index in [1.54, 1.807) is 0 Å². The number of benzene rings is 1. The van der Waals surface area contributed by atoms with Gasteiger partial charge in [-0.15, -0.1) is 0 Å². The van der Waals surface area contributed by atoms with Crippen molar-refractivity contribution in [1.29, 1.82) is 0 Å². The number of rotatable bonds is 3. The third-order valence-electron chi connectivity index (χ3n) is 3.08. The smallest absolute Gasteiger partial charge is 0.260 e. The third-order valence-corrected chi connectivity index (χ3v) is 3.08. The Morgan fingerprint density at radius 3 is 3.00 bits per heavy atom. The summed E-state index contributed by atoms with van der Waals surface area (Å²) in [5.74, 6) is 2.08. The lowest BCUT2D eigenvalue weighted by atomic mass is 10.1. The van der Waals surface area contributed by atoms with E-state index < -0.39 is 0 Å². The second-order valence-corrected chi connectivity index (χ2v) is 4.75. The molecule has 0 radical (unpaired) electrons. The molecule has 1 fully saturated rings. The molecule has 17 heavy (non-hydrogen) atoms. The zero-order valence-corrected chi connectivity index (χ0v) is 9.81. The first kappa shape index (κ1) is 10.3. The Morgan fingerprint density at radius 1 is 1.41 bits per heavy atom. The summed E-state index contributed by atoms with van der Waals surface area (Å²) in [6.07, 6.45) is 3.50. The zero-order chi connectivity index (χ0) is 11.8. The van der Waals surface area contributed by atoms with Crippen LogP contribution in [0.1, 0.15) is 24.2 Å². The quantitative estimate of drug-likeness (QED) is 0.821. The molecule has 1 saturated carbocycles. The van der Waals surface area contributed by atoms with Crippen molar-refractivity contribution in [2.24, 2.45) is 5.92 Å². The SMILES string of the molecule is Cc1ccc(N)c(-c2nc(CC3CC3)no2)c1. The number of nitrogens with two attached hydrogens (primary N) is 1. The molecule has 0 atom stereocenters. The van der Waals surface area contributed by atoms with Crippen LogP contribution in [0.25, 0.3) is 11.5 Å². The molecule has 0 amide bonds. The standard InChI is InChI=1S/C13H15N3O/c1-8-2-5-11(14)10(6-8)13-15-12(16-17-13)7-9-3-4-9/h2,5-6,9H,3-4,7,14H2,1H3. The van der Waals surface area contributed by atoms with Crippen molar-refractivity contribution in [3.05, 3.63) is 29.6 Å². The van der Waals surface area contributed by atoms with E-state index in [0.717, 1.165) is 29.3 Å². The molecule has 3 rings (SSSR count). The Hall–Kier alpha value is -1.84. The Morgan fingerprint density at radius 2 is 2.24 bits per heavy atom. The first-order valence-electron chi connectivity index (χ1n) is 5.91. The van der Waals surface area contributed by atoms with Gasteiger partial charge in [0, 0.05) is 12.1 Å². The lowest BCUT2D eigenvalue weighted by Gasteiger charge is -2.01. The first-order chi connectivity index (χ1) is 8.22. The predicted molar refractivity (Wildman–Crippen MR) is 65.3 cm³/mol. The molecule has 88 valence electrons. The number of hydrogen-bond donors (Lipinski definition) is 1. The van der Waals surface area contributed by atoms with Gasteiger partial charge in [0.05, 0.1) is 5.56 Å². The van der Waals surface area contributed by atoms with Gasteiger partial charge >= 0.3 is 0 Å². The van der Waals surface area contributed by atoms with Crippen molar-refractivity contribution < 1.29 is 4.52 Å². The molecule has 0 unspecified atom stereocenters. The molecule has 4 nitrogen and oxygen atoms in total. The molecule has 1 aliphatic rings. The largest absolute Gasteiger partial charge is 0.398 e. The molecule has 0 spiro atoms. The topological polar surface area (TPSA) is 64.9 Å². The summed E-state index contributed by atoms with van der Waals surface area (Å²) in [6, 6.07) is 5.82. The summed E-state index contributed by atoms with van der Waals surface area (Å²) in [4.78, 5) is 4.40. The Balaban J connectivity index is 1.91. The van der Waals surface area contributed by atoms with E-state index >= 15 is 0 Å².